The van der Waals surface area contributed by atoms with Gasteiger partial charge in [0.05, 0.1) is 12.7 Å². The van der Waals surface area contributed by atoms with Crippen LogP contribution in [0.2, 0.25) is 0 Å². The summed E-state index contributed by atoms with van der Waals surface area (Å²) in [6.45, 7) is 1.02. The molecule has 1 aromatic carbocycles. The molecule has 1 unspecified atom stereocenters. The fourth-order valence-electron chi connectivity index (χ4n) is 3.04. The second-order valence-electron chi connectivity index (χ2n) is 6.59. The van der Waals surface area contributed by atoms with Crippen LogP contribution in [0, 0.1) is 5.92 Å². The summed E-state index contributed by atoms with van der Waals surface area (Å²) in [6.07, 6.45) is 2.50. The van der Waals surface area contributed by atoms with E-state index in [4.69, 9.17) is 9.26 Å². The van der Waals surface area contributed by atoms with Crippen LogP contribution in [0.3, 0.4) is 0 Å². The molecule has 1 saturated carbocycles. The summed E-state index contributed by atoms with van der Waals surface area (Å²) in [7, 11) is 1.67. The van der Waals surface area contributed by atoms with Gasteiger partial charge < -0.3 is 19.3 Å². The van der Waals surface area contributed by atoms with Gasteiger partial charge in [0.2, 0.25) is 5.76 Å². The monoisotopic (exact) mass is 328 g/mol. The van der Waals surface area contributed by atoms with Gasteiger partial charge in [-0.15, -0.1) is 0 Å². The molecule has 1 aliphatic carbocycles. The SMILES string of the molecule is CN(CC(O)C1CC1)C(=O)c1cc(-c2ccc3c(c2)CCO3)no1. The Kier molecular flexibility index (Phi) is 3.76. The Morgan fingerprint density at radius 3 is 3.04 bits per heavy atom. The number of hydrogen-bond donors (Lipinski definition) is 1. The van der Waals surface area contributed by atoms with Crippen LogP contribution in [0.4, 0.5) is 0 Å². The molecule has 1 aliphatic heterocycles. The van der Waals surface area contributed by atoms with Crippen LogP contribution in [-0.4, -0.2) is 47.4 Å². The lowest BCUT2D eigenvalue weighted by atomic mass is 10.1. The predicted molar refractivity (Wildman–Crippen MR) is 86.8 cm³/mol. The maximum atomic E-state index is 12.4. The number of aliphatic hydroxyl groups is 1. The molecule has 6 nitrogen and oxygen atoms in total. The number of fused-ring (bicyclic) bond motifs is 1. The Balaban J connectivity index is 1.48. The van der Waals surface area contributed by atoms with Gasteiger partial charge in [0.15, 0.2) is 0 Å². The minimum absolute atomic E-state index is 0.187. The normalized spacial score (nSPS) is 17.2. The van der Waals surface area contributed by atoms with Gasteiger partial charge in [-0.25, -0.2) is 0 Å². The van der Waals surface area contributed by atoms with E-state index in [2.05, 4.69) is 5.16 Å². The average Bonchev–Trinajstić information content (AvgIpc) is 3.14. The number of benzene rings is 1. The largest absolute Gasteiger partial charge is 0.493 e. The molecule has 6 heteroatoms. The van der Waals surface area contributed by atoms with Gasteiger partial charge in [-0.05, 0) is 42.5 Å². The summed E-state index contributed by atoms with van der Waals surface area (Å²) in [4.78, 5) is 13.9. The highest BCUT2D eigenvalue weighted by Crippen LogP contribution is 2.33. The Morgan fingerprint density at radius 2 is 2.25 bits per heavy atom. The van der Waals surface area contributed by atoms with E-state index >= 15 is 0 Å². The van der Waals surface area contributed by atoms with Crippen molar-refractivity contribution in [3.8, 4) is 17.0 Å². The molecule has 1 N–H and O–H groups in total. The Morgan fingerprint density at radius 1 is 1.42 bits per heavy atom. The third-order valence-electron chi connectivity index (χ3n) is 4.68. The quantitative estimate of drug-likeness (QED) is 0.910. The maximum absolute atomic E-state index is 12.4. The van der Waals surface area contributed by atoms with Crippen LogP contribution in [0.5, 0.6) is 5.75 Å². The fraction of sp³-hybridized carbons (Fsp3) is 0.444. The lowest BCUT2D eigenvalue weighted by Gasteiger charge is -2.19. The molecular formula is C18H20N2O4. The molecule has 0 saturated heterocycles. The van der Waals surface area contributed by atoms with Crippen molar-refractivity contribution in [2.75, 3.05) is 20.2 Å². The van der Waals surface area contributed by atoms with E-state index < -0.39 is 6.10 Å². The van der Waals surface area contributed by atoms with Crippen molar-refractivity contribution in [2.24, 2.45) is 5.92 Å². The highest BCUT2D eigenvalue weighted by Gasteiger charge is 2.32. The van der Waals surface area contributed by atoms with Crippen LogP contribution < -0.4 is 4.74 Å². The Hall–Kier alpha value is -2.34. The number of amides is 1. The summed E-state index contributed by atoms with van der Waals surface area (Å²) in [6, 6.07) is 7.51. The second-order valence-corrected chi connectivity index (χ2v) is 6.59. The molecule has 2 aromatic rings. The molecule has 24 heavy (non-hydrogen) atoms. The van der Waals surface area contributed by atoms with Gasteiger partial charge in [0.1, 0.15) is 11.4 Å². The Labute approximate surface area is 140 Å². The van der Waals surface area contributed by atoms with Gasteiger partial charge in [0, 0.05) is 31.6 Å². The molecule has 126 valence electrons. The average molecular weight is 328 g/mol. The first-order chi connectivity index (χ1) is 11.6. The standard InChI is InChI=1S/C18H20N2O4/c1-20(10-15(21)11-2-3-11)18(22)17-9-14(19-24-17)12-4-5-16-13(8-12)6-7-23-16/h4-5,8-9,11,15,21H,2-3,6-7,10H2,1H3. The van der Waals surface area contributed by atoms with E-state index in [9.17, 15) is 9.90 Å². The third-order valence-corrected chi connectivity index (χ3v) is 4.68. The number of aliphatic hydroxyl groups excluding tert-OH is 1. The smallest absolute Gasteiger partial charge is 0.292 e. The van der Waals surface area contributed by atoms with Gasteiger partial charge in [0.25, 0.3) is 5.91 Å². The van der Waals surface area contributed by atoms with Gasteiger partial charge >= 0.3 is 0 Å². The van der Waals surface area contributed by atoms with Crippen molar-refractivity contribution in [3.05, 3.63) is 35.6 Å². The zero-order valence-corrected chi connectivity index (χ0v) is 13.6. The third kappa shape index (κ3) is 2.89. The molecule has 1 amide bonds. The minimum atomic E-state index is -0.460. The van der Waals surface area contributed by atoms with Crippen molar-refractivity contribution in [3.63, 3.8) is 0 Å². The highest BCUT2D eigenvalue weighted by atomic mass is 16.5. The van der Waals surface area contributed by atoms with Crippen molar-refractivity contribution >= 4 is 5.91 Å². The first kappa shape index (κ1) is 15.2. The molecule has 0 bridgehead atoms. The lowest BCUT2D eigenvalue weighted by Crippen LogP contribution is -2.35. The van der Waals surface area contributed by atoms with E-state index in [1.807, 2.05) is 18.2 Å². The minimum Gasteiger partial charge on any atom is -0.493 e. The maximum Gasteiger partial charge on any atom is 0.292 e. The molecule has 4 rings (SSSR count). The zero-order valence-electron chi connectivity index (χ0n) is 13.6. The van der Waals surface area contributed by atoms with Crippen LogP contribution in [0.1, 0.15) is 29.0 Å². The van der Waals surface area contributed by atoms with E-state index in [0.717, 1.165) is 36.1 Å². The van der Waals surface area contributed by atoms with Crippen molar-refractivity contribution in [1.29, 1.82) is 0 Å². The molecule has 0 spiro atoms. The zero-order chi connectivity index (χ0) is 16.7. The van der Waals surface area contributed by atoms with Gasteiger partial charge in [-0.3, -0.25) is 4.79 Å². The Bertz CT molecular complexity index is 766. The van der Waals surface area contributed by atoms with Crippen molar-refractivity contribution in [2.45, 2.75) is 25.4 Å². The topological polar surface area (TPSA) is 75.8 Å². The molecule has 1 aromatic heterocycles. The number of aromatic nitrogens is 1. The number of ether oxygens (including phenoxy) is 1. The summed E-state index contributed by atoms with van der Waals surface area (Å²) in [5.74, 6) is 1.16. The number of carbonyl (C=O) groups excluding carboxylic acids is 1. The van der Waals surface area contributed by atoms with Crippen LogP contribution in [-0.2, 0) is 6.42 Å². The first-order valence-corrected chi connectivity index (χ1v) is 8.28. The number of rotatable bonds is 5. The summed E-state index contributed by atoms with van der Waals surface area (Å²) >= 11 is 0. The molecular weight excluding hydrogens is 308 g/mol. The van der Waals surface area contributed by atoms with Crippen LogP contribution >= 0.6 is 0 Å². The number of carbonyl (C=O) groups is 1. The van der Waals surface area contributed by atoms with E-state index in [1.165, 1.54) is 4.90 Å². The predicted octanol–water partition coefficient (Wildman–Crippen LogP) is 2.12. The van der Waals surface area contributed by atoms with E-state index in [-0.39, 0.29) is 11.7 Å². The lowest BCUT2D eigenvalue weighted by molar-refractivity contribution is 0.0609. The van der Waals surface area contributed by atoms with E-state index in [0.29, 0.717) is 24.8 Å². The number of nitrogens with zero attached hydrogens (tertiary/aromatic N) is 2. The van der Waals surface area contributed by atoms with Crippen LogP contribution in [0.25, 0.3) is 11.3 Å². The molecule has 2 aliphatic rings. The number of likely N-dealkylation sites (N-methyl/N-ethyl adjacent to an activating group) is 1. The van der Waals surface area contributed by atoms with Crippen LogP contribution in [0.15, 0.2) is 28.8 Å². The summed E-state index contributed by atoms with van der Waals surface area (Å²) < 4.78 is 10.7. The summed E-state index contributed by atoms with van der Waals surface area (Å²) in [5.41, 5.74) is 2.68. The first-order valence-electron chi connectivity index (χ1n) is 8.28. The number of hydrogen-bond acceptors (Lipinski definition) is 5. The molecule has 2 heterocycles. The second kappa shape index (κ2) is 5.94. The van der Waals surface area contributed by atoms with Gasteiger partial charge in [-0.2, -0.15) is 0 Å². The molecule has 1 atom stereocenters. The fourth-order valence-corrected chi connectivity index (χ4v) is 3.04. The van der Waals surface area contributed by atoms with Gasteiger partial charge in [-0.1, -0.05) is 5.16 Å². The highest BCUT2D eigenvalue weighted by molar-refractivity contribution is 5.92. The molecule has 1 fully saturated rings. The summed E-state index contributed by atoms with van der Waals surface area (Å²) in [5, 5.41) is 14.0. The van der Waals surface area contributed by atoms with Crippen molar-refractivity contribution in [1.82, 2.24) is 10.1 Å². The van der Waals surface area contributed by atoms with Crippen molar-refractivity contribution < 1.29 is 19.2 Å². The van der Waals surface area contributed by atoms with E-state index in [1.54, 1.807) is 13.1 Å². The molecule has 0 radical (unpaired) electrons.